The molecule has 4 rings (SSSR count). The summed E-state index contributed by atoms with van der Waals surface area (Å²) in [5.74, 6) is -2.15. The molecule has 1 aromatic rings. The Morgan fingerprint density at radius 1 is 1.32 bits per heavy atom. The van der Waals surface area contributed by atoms with E-state index in [2.05, 4.69) is 29.1 Å². The molecule has 1 spiro atoms. The van der Waals surface area contributed by atoms with Gasteiger partial charge in [-0.3, -0.25) is 14.4 Å². The van der Waals surface area contributed by atoms with Gasteiger partial charge in [0.15, 0.2) is 0 Å². The number of ether oxygens (including phenoxy) is 1. The molecule has 37 heavy (non-hydrogen) atoms. The fraction of sp³-hybridized carbons (Fsp3) is 0.536. The van der Waals surface area contributed by atoms with Crippen LogP contribution in [0, 0.1) is 11.8 Å². The molecule has 1 aromatic carbocycles. The van der Waals surface area contributed by atoms with Crippen molar-refractivity contribution in [2.45, 2.75) is 59.6 Å². The summed E-state index contributed by atoms with van der Waals surface area (Å²) in [6.07, 6.45) is 4.98. The Kier molecular flexibility index (Phi) is 8.86. The molecule has 7 nitrogen and oxygen atoms in total. The van der Waals surface area contributed by atoms with E-state index in [0.29, 0.717) is 32.4 Å². The van der Waals surface area contributed by atoms with Crippen molar-refractivity contribution in [3.8, 4) is 0 Å². The quantitative estimate of drug-likeness (QED) is 0.173. The van der Waals surface area contributed by atoms with E-state index in [1.165, 1.54) is 0 Å². The number of hydrogen-bond acceptors (Lipinski definition) is 6. The SMILES string of the molecule is C=CCCOC(=O)[C@H]1[C@H]2C(=O)N([C@@H](CC)CO)C(C(=O)N(CC=C)Cc3ccccc3)C23CC(Br)[C@@H]1S3. The number of rotatable bonds is 12. The topological polar surface area (TPSA) is 87.1 Å². The van der Waals surface area contributed by atoms with Gasteiger partial charge in [-0.05, 0) is 24.8 Å². The van der Waals surface area contributed by atoms with Crippen LogP contribution >= 0.6 is 27.7 Å². The third-order valence-corrected chi connectivity index (χ3v) is 11.0. The molecule has 3 unspecified atom stereocenters. The van der Waals surface area contributed by atoms with Crippen LogP contribution in [0.2, 0.25) is 0 Å². The fourth-order valence-electron chi connectivity index (χ4n) is 6.13. The van der Waals surface area contributed by atoms with E-state index in [-0.39, 0.29) is 35.1 Å². The van der Waals surface area contributed by atoms with E-state index >= 15 is 0 Å². The Hall–Kier alpha value is -2.10. The van der Waals surface area contributed by atoms with Crippen LogP contribution in [0.3, 0.4) is 0 Å². The Bertz CT molecular complexity index is 1030. The number of carbonyl (C=O) groups excluding carboxylic acids is 3. The van der Waals surface area contributed by atoms with E-state index < -0.39 is 34.6 Å². The average molecular weight is 592 g/mol. The first-order valence-corrected chi connectivity index (χ1v) is 14.6. The number of amides is 2. The number of fused-ring (bicyclic) bond motifs is 1. The molecule has 3 aliphatic heterocycles. The molecule has 2 amide bonds. The minimum absolute atomic E-state index is 0.0371. The van der Waals surface area contributed by atoms with Crippen molar-refractivity contribution in [3.63, 3.8) is 0 Å². The predicted octanol–water partition coefficient (Wildman–Crippen LogP) is 3.56. The Morgan fingerprint density at radius 2 is 2.05 bits per heavy atom. The Morgan fingerprint density at radius 3 is 2.68 bits per heavy atom. The van der Waals surface area contributed by atoms with Gasteiger partial charge in [-0.2, -0.15) is 0 Å². The second kappa shape index (κ2) is 11.7. The number of nitrogens with zero attached hydrogens (tertiary/aromatic N) is 2. The standard InChI is InChI=1S/C28H35BrN2O5S/c1-4-7-14-36-27(35)21-22-25(33)31(19(6-3)17-32)24(28(22)15-20(29)23(21)37-28)26(34)30(13-5-2)16-18-11-9-8-10-12-18/h4-5,8-12,19-24,32H,1-2,6-7,13-17H2,3H3/t19-,20?,21-,22-,23-,24?,28?/m0/s1. The molecule has 7 atom stereocenters. The number of hydrogen-bond donors (Lipinski definition) is 1. The van der Waals surface area contributed by atoms with Gasteiger partial charge in [0.25, 0.3) is 0 Å². The van der Waals surface area contributed by atoms with Crippen molar-refractivity contribution in [1.82, 2.24) is 9.80 Å². The second-order valence-corrected chi connectivity index (χ2v) is 12.6. The normalized spacial score (nSPS) is 30.6. The number of likely N-dealkylation sites (tertiary alicyclic amines) is 1. The molecule has 200 valence electrons. The summed E-state index contributed by atoms with van der Waals surface area (Å²) in [6, 6.07) is 8.39. The maximum absolute atomic E-state index is 14.4. The minimum Gasteiger partial charge on any atom is -0.465 e. The lowest BCUT2D eigenvalue weighted by Gasteiger charge is -2.39. The van der Waals surface area contributed by atoms with Crippen LogP contribution in [0.15, 0.2) is 55.6 Å². The van der Waals surface area contributed by atoms with Crippen molar-refractivity contribution in [2.24, 2.45) is 11.8 Å². The van der Waals surface area contributed by atoms with Gasteiger partial charge in [-0.25, -0.2) is 0 Å². The predicted molar refractivity (Wildman–Crippen MR) is 148 cm³/mol. The first-order chi connectivity index (χ1) is 17.8. The molecule has 3 heterocycles. The number of benzene rings is 1. The molecule has 1 N–H and O–H groups in total. The minimum atomic E-state index is -0.799. The highest BCUT2D eigenvalue weighted by atomic mass is 79.9. The molecule has 2 bridgehead atoms. The maximum Gasteiger partial charge on any atom is 0.310 e. The molecule has 0 aliphatic carbocycles. The molecular weight excluding hydrogens is 556 g/mol. The largest absolute Gasteiger partial charge is 0.465 e. The van der Waals surface area contributed by atoms with Gasteiger partial charge in [-0.1, -0.05) is 65.3 Å². The molecular formula is C28H35BrN2O5S. The number of aliphatic hydroxyl groups is 1. The van der Waals surface area contributed by atoms with E-state index in [1.54, 1.807) is 33.7 Å². The summed E-state index contributed by atoms with van der Waals surface area (Å²) in [4.78, 5) is 45.1. The Labute approximate surface area is 231 Å². The number of thioether (sulfide) groups is 1. The lowest BCUT2D eigenvalue weighted by molar-refractivity contribution is -0.154. The number of carbonyl (C=O) groups is 3. The van der Waals surface area contributed by atoms with Gasteiger partial charge in [0.1, 0.15) is 6.04 Å². The van der Waals surface area contributed by atoms with Crippen LogP contribution in [0.1, 0.15) is 31.7 Å². The summed E-state index contributed by atoms with van der Waals surface area (Å²) >= 11 is 5.33. The molecule has 3 fully saturated rings. The zero-order valence-electron chi connectivity index (χ0n) is 21.1. The fourth-order valence-corrected chi connectivity index (χ4v) is 9.71. The van der Waals surface area contributed by atoms with Crippen LogP contribution < -0.4 is 0 Å². The third kappa shape index (κ3) is 4.90. The molecule has 0 aromatic heterocycles. The van der Waals surface area contributed by atoms with Gasteiger partial charge in [0.2, 0.25) is 11.8 Å². The van der Waals surface area contributed by atoms with E-state index in [4.69, 9.17) is 4.74 Å². The van der Waals surface area contributed by atoms with Crippen LogP contribution in [-0.2, 0) is 25.7 Å². The van der Waals surface area contributed by atoms with E-state index in [1.807, 2.05) is 37.3 Å². The molecule has 0 radical (unpaired) electrons. The van der Waals surface area contributed by atoms with Gasteiger partial charge in [0, 0.05) is 23.2 Å². The van der Waals surface area contributed by atoms with Gasteiger partial charge in [-0.15, -0.1) is 24.9 Å². The summed E-state index contributed by atoms with van der Waals surface area (Å²) in [7, 11) is 0. The van der Waals surface area contributed by atoms with Gasteiger partial charge >= 0.3 is 5.97 Å². The first-order valence-electron chi connectivity index (χ1n) is 12.8. The van der Waals surface area contributed by atoms with E-state index in [9.17, 15) is 19.5 Å². The highest BCUT2D eigenvalue weighted by molar-refractivity contribution is 9.09. The number of alkyl halides is 1. The second-order valence-electron chi connectivity index (χ2n) is 9.89. The number of halogens is 1. The molecule has 9 heteroatoms. The third-order valence-electron chi connectivity index (χ3n) is 7.75. The van der Waals surface area contributed by atoms with Crippen LogP contribution in [0.4, 0.5) is 0 Å². The molecule has 0 saturated carbocycles. The van der Waals surface area contributed by atoms with Crippen LogP contribution in [-0.4, -0.2) is 79.4 Å². The molecule has 3 saturated heterocycles. The van der Waals surface area contributed by atoms with Crippen molar-refractivity contribution < 1.29 is 24.2 Å². The smallest absolute Gasteiger partial charge is 0.310 e. The zero-order valence-corrected chi connectivity index (χ0v) is 23.5. The zero-order chi connectivity index (χ0) is 26.7. The van der Waals surface area contributed by atoms with E-state index in [0.717, 1.165) is 5.56 Å². The average Bonchev–Trinajstić information content (AvgIpc) is 3.49. The Balaban J connectivity index is 1.74. The lowest BCUT2D eigenvalue weighted by Crippen LogP contribution is -2.57. The van der Waals surface area contributed by atoms with Crippen molar-refractivity contribution in [2.75, 3.05) is 19.8 Å². The molecule has 3 aliphatic rings. The van der Waals surface area contributed by atoms with Gasteiger partial charge < -0.3 is 19.6 Å². The first kappa shape index (κ1) is 27.9. The van der Waals surface area contributed by atoms with Crippen molar-refractivity contribution >= 4 is 45.5 Å². The van der Waals surface area contributed by atoms with Crippen molar-refractivity contribution in [1.29, 1.82) is 0 Å². The lowest BCUT2D eigenvalue weighted by atomic mass is 9.71. The summed E-state index contributed by atoms with van der Waals surface area (Å²) in [6.45, 7) is 10.1. The number of aliphatic hydroxyl groups excluding tert-OH is 1. The summed E-state index contributed by atoms with van der Waals surface area (Å²) in [5.41, 5.74) is 0.974. The highest BCUT2D eigenvalue weighted by Gasteiger charge is 2.76. The van der Waals surface area contributed by atoms with Crippen LogP contribution in [0.5, 0.6) is 0 Å². The van der Waals surface area contributed by atoms with Gasteiger partial charge in [0.05, 0.1) is 35.8 Å². The van der Waals surface area contributed by atoms with Crippen LogP contribution in [0.25, 0.3) is 0 Å². The highest BCUT2D eigenvalue weighted by Crippen LogP contribution is 2.68. The monoisotopic (exact) mass is 590 g/mol. The summed E-state index contributed by atoms with van der Waals surface area (Å²) < 4.78 is 4.77. The number of esters is 1. The summed E-state index contributed by atoms with van der Waals surface area (Å²) in [5, 5.41) is 10.1. The maximum atomic E-state index is 14.4. The van der Waals surface area contributed by atoms with Crippen molar-refractivity contribution in [3.05, 3.63) is 61.2 Å².